The number of nitrogens with zero attached hydrogens (tertiary/aromatic N) is 1. The molecule has 0 bridgehead atoms. The number of ether oxygens (including phenoxy) is 2. The van der Waals surface area contributed by atoms with Crippen LogP contribution >= 0.6 is 0 Å². The molecule has 0 aliphatic rings. The van der Waals surface area contributed by atoms with E-state index in [1.165, 1.54) is 7.11 Å². The molecule has 1 rings (SSSR count). The van der Waals surface area contributed by atoms with E-state index in [2.05, 4.69) is 0 Å². The number of nitrogens with two attached hydrogens (primary N) is 1. The van der Waals surface area contributed by atoms with Crippen LogP contribution in [0.2, 0.25) is 0 Å². The van der Waals surface area contributed by atoms with Gasteiger partial charge in [-0.2, -0.15) is 0 Å². The van der Waals surface area contributed by atoms with Crippen LogP contribution in [-0.4, -0.2) is 44.2 Å². The van der Waals surface area contributed by atoms with Crippen molar-refractivity contribution in [3.8, 4) is 5.75 Å². The molecule has 5 heteroatoms. The number of carbonyl (C=O) groups is 1. The number of nitrogen functional groups attached to an aromatic ring is 1. The van der Waals surface area contributed by atoms with Gasteiger partial charge in [-0.05, 0) is 26.0 Å². The summed E-state index contributed by atoms with van der Waals surface area (Å²) in [6.07, 6.45) is 0. The van der Waals surface area contributed by atoms with Crippen molar-refractivity contribution in [3.63, 3.8) is 0 Å². The molecule has 1 aromatic rings. The summed E-state index contributed by atoms with van der Waals surface area (Å²) in [7, 11) is 3.15. The highest BCUT2D eigenvalue weighted by molar-refractivity contribution is 6.00. The molecule has 0 fully saturated rings. The van der Waals surface area contributed by atoms with Crippen molar-refractivity contribution in [2.24, 2.45) is 0 Å². The quantitative estimate of drug-likeness (QED) is 0.797. The van der Waals surface area contributed by atoms with Crippen molar-refractivity contribution in [2.75, 3.05) is 33.1 Å². The number of rotatable bonds is 6. The molecule has 1 aromatic carbocycles. The molecule has 0 aliphatic heterocycles. The normalized spacial score (nSPS) is 10.6. The first kappa shape index (κ1) is 15.3. The van der Waals surface area contributed by atoms with E-state index >= 15 is 0 Å². The van der Waals surface area contributed by atoms with Gasteiger partial charge in [-0.1, -0.05) is 6.07 Å². The van der Waals surface area contributed by atoms with Gasteiger partial charge in [0.25, 0.3) is 5.91 Å². The van der Waals surface area contributed by atoms with Gasteiger partial charge in [-0.15, -0.1) is 0 Å². The van der Waals surface area contributed by atoms with Gasteiger partial charge in [-0.3, -0.25) is 4.79 Å². The lowest BCUT2D eigenvalue weighted by molar-refractivity contribution is 0.0635. The molecule has 0 spiro atoms. The van der Waals surface area contributed by atoms with Crippen LogP contribution in [-0.2, 0) is 4.74 Å². The molecule has 0 aromatic heterocycles. The first-order valence-corrected chi connectivity index (χ1v) is 6.25. The number of amides is 1. The molecule has 0 saturated carbocycles. The molecule has 1 amide bonds. The van der Waals surface area contributed by atoms with Gasteiger partial charge in [0.2, 0.25) is 0 Å². The highest BCUT2D eigenvalue weighted by Crippen LogP contribution is 2.26. The Morgan fingerprint density at radius 1 is 1.37 bits per heavy atom. The van der Waals surface area contributed by atoms with Crippen LogP contribution < -0.4 is 10.5 Å². The average molecular weight is 266 g/mol. The van der Waals surface area contributed by atoms with Crippen LogP contribution in [0, 0.1) is 0 Å². The van der Waals surface area contributed by atoms with E-state index in [-0.39, 0.29) is 11.9 Å². The first-order valence-electron chi connectivity index (χ1n) is 6.25. The molecule has 0 radical (unpaired) electrons. The standard InChI is InChI=1S/C14H22N2O3/c1-10(2)16(8-9-18-3)14(17)11-6-5-7-12(19-4)13(11)15/h5-7,10H,8-9,15H2,1-4H3. The number of hydrogen-bond donors (Lipinski definition) is 1. The summed E-state index contributed by atoms with van der Waals surface area (Å²) in [6, 6.07) is 5.29. The summed E-state index contributed by atoms with van der Waals surface area (Å²) < 4.78 is 10.2. The third-order valence-electron chi connectivity index (χ3n) is 2.94. The van der Waals surface area contributed by atoms with Crippen LogP contribution in [0.15, 0.2) is 18.2 Å². The summed E-state index contributed by atoms with van der Waals surface area (Å²) in [5, 5.41) is 0. The molecule has 0 atom stereocenters. The average Bonchev–Trinajstić information content (AvgIpc) is 2.38. The van der Waals surface area contributed by atoms with Gasteiger partial charge in [-0.25, -0.2) is 0 Å². The van der Waals surface area contributed by atoms with E-state index < -0.39 is 0 Å². The van der Waals surface area contributed by atoms with E-state index in [0.29, 0.717) is 30.2 Å². The fourth-order valence-corrected chi connectivity index (χ4v) is 1.85. The number of methoxy groups -OCH3 is 2. The second kappa shape index (κ2) is 6.99. The Bertz CT molecular complexity index is 433. The molecule has 0 unspecified atom stereocenters. The monoisotopic (exact) mass is 266 g/mol. The maximum absolute atomic E-state index is 12.5. The van der Waals surface area contributed by atoms with Crippen molar-refractivity contribution >= 4 is 11.6 Å². The lowest BCUT2D eigenvalue weighted by Crippen LogP contribution is -2.39. The maximum Gasteiger partial charge on any atom is 0.256 e. The van der Waals surface area contributed by atoms with Crippen LogP contribution in [0.4, 0.5) is 5.69 Å². The van der Waals surface area contributed by atoms with Crippen molar-refractivity contribution < 1.29 is 14.3 Å². The fourth-order valence-electron chi connectivity index (χ4n) is 1.85. The van der Waals surface area contributed by atoms with E-state index in [9.17, 15) is 4.79 Å². The van der Waals surface area contributed by atoms with Crippen LogP contribution in [0.1, 0.15) is 24.2 Å². The minimum Gasteiger partial charge on any atom is -0.495 e. The lowest BCUT2D eigenvalue weighted by atomic mass is 10.1. The Kier molecular flexibility index (Phi) is 5.63. The van der Waals surface area contributed by atoms with Gasteiger partial charge >= 0.3 is 0 Å². The largest absolute Gasteiger partial charge is 0.495 e. The Balaban J connectivity index is 3.02. The SMILES string of the molecule is COCCN(C(=O)c1cccc(OC)c1N)C(C)C. The molecule has 0 heterocycles. The third-order valence-corrected chi connectivity index (χ3v) is 2.94. The number of para-hydroxylation sites is 1. The third kappa shape index (κ3) is 3.61. The van der Waals surface area contributed by atoms with E-state index in [0.717, 1.165) is 0 Å². The Morgan fingerprint density at radius 3 is 2.58 bits per heavy atom. The zero-order valence-electron chi connectivity index (χ0n) is 12.0. The Hall–Kier alpha value is -1.75. The highest BCUT2D eigenvalue weighted by Gasteiger charge is 2.21. The summed E-state index contributed by atoms with van der Waals surface area (Å²) in [6.45, 7) is 4.95. The topological polar surface area (TPSA) is 64.8 Å². The summed E-state index contributed by atoms with van der Waals surface area (Å²) in [5.41, 5.74) is 6.79. The van der Waals surface area contributed by atoms with Crippen molar-refractivity contribution in [1.29, 1.82) is 0 Å². The number of benzene rings is 1. The molecule has 0 saturated heterocycles. The molecule has 106 valence electrons. The second-order valence-electron chi connectivity index (χ2n) is 4.51. The van der Waals surface area contributed by atoms with Gasteiger partial charge in [0.1, 0.15) is 5.75 Å². The number of carbonyl (C=O) groups excluding carboxylic acids is 1. The van der Waals surface area contributed by atoms with Gasteiger partial charge < -0.3 is 20.1 Å². The van der Waals surface area contributed by atoms with Gasteiger partial charge in [0, 0.05) is 19.7 Å². The maximum atomic E-state index is 12.5. The molecular weight excluding hydrogens is 244 g/mol. The molecule has 2 N–H and O–H groups in total. The highest BCUT2D eigenvalue weighted by atomic mass is 16.5. The minimum absolute atomic E-state index is 0.0771. The lowest BCUT2D eigenvalue weighted by Gasteiger charge is -2.27. The predicted octanol–water partition coefficient (Wildman–Crippen LogP) is 1.77. The first-order chi connectivity index (χ1) is 9.02. The number of hydrogen-bond acceptors (Lipinski definition) is 4. The second-order valence-corrected chi connectivity index (χ2v) is 4.51. The summed E-state index contributed by atoms with van der Waals surface area (Å²) >= 11 is 0. The van der Waals surface area contributed by atoms with E-state index in [4.69, 9.17) is 15.2 Å². The van der Waals surface area contributed by atoms with Gasteiger partial charge in [0.15, 0.2) is 0 Å². The van der Waals surface area contributed by atoms with Crippen LogP contribution in [0.3, 0.4) is 0 Å². The Labute approximate surface area is 114 Å². The molecular formula is C14H22N2O3. The molecule has 0 aliphatic carbocycles. The molecule has 19 heavy (non-hydrogen) atoms. The zero-order chi connectivity index (χ0) is 14.4. The van der Waals surface area contributed by atoms with Crippen molar-refractivity contribution in [3.05, 3.63) is 23.8 Å². The van der Waals surface area contributed by atoms with Crippen molar-refractivity contribution in [2.45, 2.75) is 19.9 Å². The minimum atomic E-state index is -0.108. The Morgan fingerprint density at radius 2 is 2.05 bits per heavy atom. The number of anilines is 1. The summed E-state index contributed by atoms with van der Waals surface area (Å²) in [5.74, 6) is 0.407. The summed E-state index contributed by atoms with van der Waals surface area (Å²) in [4.78, 5) is 14.2. The van der Waals surface area contributed by atoms with Crippen LogP contribution in [0.25, 0.3) is 0 Å². The van der Waals surface area contributed by atoms with Crippen molar-refractivity contribution in [1.82, 2.24) is 4.90 Å². The van der Waals surface area contributed by atoms with Gasteiger partial charge in [0.05, 0.1) is 25.0 Å². The zero-order valence-corrected chi connectivity index (χ0v) is 12.0. The smallest absolute Gasteiger partial charge is 0.256 e. The molecule has 5 nitrogen and oxygen atoms in total. The van der Waals surface area contributed by atoms with Crippen LogP contribution in [0.5, 0.6) is 5.75 Å². The fraction of sp³-hybridized carbons (Fsp3) is 0.500. The van der Waals surface area contributed by atoms with E-state index in [1.807, 2.05) is 13.8 Å². The predicted molar refractivity (Wildman–Crippen MR) is 75.5 cm³/mol. The van der Waals surface area contributed by atoms with E-state index in [1.54, 1.807) is 30.2 Å².